The van der Waals surface area contributed by atoms with Gasteiger partial charge < -0.3 is 14.8 Å². The van der Waals surface area contributed by atoms with Crippen molar-refractivity contribution < 1.29 is 14.3 Å². The number of fused-ring (bicyclic) bond motifs is 1. The highest BCUT2D eigenvalue weighted by molar-refractivity contribution is 7.17. The Labute approximate surface area is 160 Å². The Morgan fingerprint density at radius 2 is 2.00 bits per heavy atom. The van der Waals surface area contributed by atoms with E-state index in [1.807, 2.05) is 29.6 Å². The van der Waals surface area contributed by atoms with E-state index < -0.39 is 0 Å². The van der Waals surface area contributed by atoms with Crippen LogP contribution in [0.15, 0.2) is 34.4 Å². The van der Waals surface area contributed by atoms with Crippen molar-refractivity contribution in [1.29, 1.82) is 0 Å². The summed E-state index contributed by atoms with van der Waals surface area (Å²) in [5, 5.41) is 5.17. The molecule has 2 aromatic heterocycles. The number of hydrogen-bond donors (Lipinski definition) is 1. The number of ether oxygens (including phenoxy) is 2. The van der Waals surface area contributed by atoms with Crippen LogP contribution in [-0.4, -0.2) is 42.8 Å². The van der Waals surface area contributed by atoms with E-state index in [2.05, 4.69) is 10.3 Å². The average molecular weight is 387 g/mol. The highest BCUT2D eigenvalue weighted by Crippen LogP contribution is 2.31. The molecule has 3 rings (SSSR count). The third-order valence-corrected chi connectivity index (χ3v) is 5.09. The third kappa shape index (κ3) is 4.01. The topological polar surface area (TPSA) is 82.4 Å². The molecule has 0 bridgehead atoms. The van der Waals surface area contributed by atoms with Gasteiger partial charge in [0.05, 0.1) is 19.1 Å². The molecule has 3 aromatic rings. The molecular weight excluding hydrogens is 366 g/mol. The summed E-state index contributed by atoms with van der Waals surface area (Å²) in [6.07, 6.45) is 0. The highest BCUT2D eigenvalue weighted by atomic mass is 32.1. The van der Waals surface area contributed by atoms with Crippen molar-refractivity contribution in [1.82, 2.24) is 14.9 Å². The van der Waals surface area contributed by atoms with Gasteiger partial charge in [0.25, 0.3) is 5.56 Å². The summed E-state index contributed by atoms with van der Waals surface area (Å²) in [6.45, 7) is 2.47. The van der Waals surface area contributed by atoms with E-state index in [9.17, 15) is 9.59 Å². The van der Waals surface area contributed by atoms with Crippen LogP contribution in [0.1, 0.15) is 5.82 Å². The number of carbonyl (C=O) groups excluding carboxylic acids is 1. The second-order valence-electron chi connectivity index (χ2n) is 5.95. The zero-order valence-electron chi connectivity index (χ0n) is 15.4. The Morgan fingerprint density at radius 3 is 2.67 bits per heavy atom. The fourth-order valence-corrected chi connectivity index (χ4v) is 3.77. The third-order valence-electron chi connectivity index (χ3n) is 4.22. The molecule has 0 atom stereocenters. The van der Waals surface area contributed by atoms with Crippen LogP contribution in [0.4, 0.5) is 0 Å². The fraction of sp³-hybridized carbons (Fsp3) is 0.316. The van der Waals surface area contributed by atoms with Crippen LogP contribution in [0.3, 0.4) is 0 Å². The maximum Gasteiger partial charge on any atom is 0.263 e. The van der Waals surface area contributed by atoms with Crippen LogP contribution in [0.2, 0.25) is 0 Å². The standard InChI is InChI=1S/C19H21N3O4S/c1-12-21-18-17(19(24)22(12)10-16(23)20-8-9-25-2)15(11-27-18)13-4-6-14(26-3)7-5-13/h4-7,11H,8-10H2,1-3H3,(H,20,23). The zero-order valence-corrected chi connectivity index (χ0v) is 16.3. The monoisotopic (exact) mass is 387 g/mol. The van der Waals surface area contributed by atoms with Gasteiger partial charge in [-0.05, 0) is 24.6 Å². The number of carbonyl (C=O) groups is 1. The Morgan fingerprint density at radius 1 is 1.26 bits per heavy atom. The number of thiophene rings is 1. The molecule has 142 valence electrons. The number of rotatable bonds is 7. The molecule has 1 N–H and O–H groups in total. The minimum absolute atomic E-state index is 0.0742. The fourth-order valence-electron chi connectivity index (χ4n) is 2.79. The quantitative estimate of drug-likeness (QED) is 0.629. The van der Waals surface area contributed by atoms with Gasteiger partial charge in [-0.2, -0.15) is 0 Å². The van der Waals surface area contributed by atoms with E-state index in [0.29, 0.717) is 29.2 Å². The molecule has 0 fully saturated rings. The van der Waals surface area contributed by atoms with E-state index in [4.69, 9.17) is 9.47 Å². The molecule has 0 aliphatic carbocycles. The molecule has 0 saturated heterocycles. The Bertz CT molecular complexity index is 1010. The van der Waals surface area contributed by atoms with E-state index >= 15 is 0 Å². The van der Waals surface area contributed by atoms with E-state index in [-0.39, 0.29) is 18.0 Å². The van der Waals surface area contributed by atoms with Crippen molar-refractivity contribution in [3.63, 3.8) is 0 Å². The summed E-state index contributed by atoms with van der Waals surface area (Å²) < 4.78 is 11.5. The molecule has 0 spiro atoms. The number of methoxy groups -OCH3 is 2. The number of amides is 1. The van der Waals surface area contributed by atoms with Gasteiger partial charge >= 0.3 is 0 Å². The van der Waals surface area contributed by atoms with Crippen molar-refractivity contribution in [3.05, 3.63) is 45.8 Å². The van der Waals surface area contributed by atoms with E-state index in [1.54, 1.807) is 21.1 Å². The average Bonchev–Trinajstić information content (AvgIpc) is 3.09. The lowest BCUT2D eigenvalue weighted by atomic mass is 10.1. The molecule has 1 aromatic carbocycles. The summed E-state index contributed by atoms with van der Waals surface area (Å²) >= 11 is 1.42. The lowest BCUT2D eigenvalue weighted by molar-refractivity contribution is -0.121. The van der Waals surface area contributed by atoms with Gasteiger partial charge in [0, 0.05) is 24.6 Å². The van der Waals surface area contributed by atoms with Crippen molar-refractivity contribution in [2.45, 2.75) is 13.5 Å². The largest absolute Gasteiger partial charge is 0.497 e. The van der Waals surface area contributed by atoms with Crippen LogP contribution in [0, 0.1) is 6.92 Å². The molecule has 7 nitrogen and oxygen atoms in total. The second kappa shape index (κ2) is 8.32. The summed E-state index contributed by atoms with van der Waals surface area (Å²) in [5.74, 6) is 1.01. The molecule has 0 aliphatic rings. The van der Waals surface area contributed by atoms with Crippen molar-refractivity contribution in [2.24, 2.45) is 0 Å². The molecule has 1 amide bonds. The maximum atomic E-state index is 13.1. The van der Waals surface area contributed by atoms with E-state index in [0.717, 1.165) is 16.9 Å². The van der Waals surface area contributed by atoms with Gasteiger partial charge in [-0.3, -0.25) is 14.2 Å². The predicted molar refractivity (Wildman–Crippen MR) is 105 cm³/mol. The molecule has 2 heterocycles. The number of hydrogen-bond acceptors (Lipinski definition) is 6. The number of nitrogens with zero attached hydrogens (tertiary/aromatic N) is 2. The van der Waals surface area contributed by atoms with Crippen molar-refractivity contribution in [3.8, 4) is 16.9 Å². The van der Waals surface area contributed by atoms with Gasteiger partial charge in [-0.1, -0.05) is 12.1 Å². The Balaban J connectivity index is 1.99. The minimum atomic E-state index is -0.250. The first-order chi connectivity index (χ1) is 13.0. The molecule has 0 unspecified atom stereocenters. The number of aryl methyl sites for hydroxylation is 1. The summed E-state index contributed by atoms with van der Waals surface area (Å²) in [6, 6.07) is 7.51. The molecule has 0 aliphatic heterocycles. The Hall–Kier alpha value is -2.71. The van der Waals surface area contributed by atoms with E-state index in [1.165, 1.54) is 15.9 Å². The highest BCUT2D eigenvalue weighted by Gasteiger charge is 2.17. The van der Waals surface area contributed by atoms with Gasteiger partial charge in [-0.15, -0.1) is 11.3 Å². The summed E-state index contributed by atoms with van der Waals surface area (Å²) in [5.41, 5.74) is 1.50. The molecule has 0 radical (unpaired) electrons. The first kappa shape index (κ1) is 19.1. The SMILES string of the molecule is COCCNC(=O)Cn1c(C)nc2scc(-c3ccc(OC)cc3)c2c1=O. The van der Waals surface area contributed by atoms with Crippen molar-refractivity contribution >= 4 is 27.5 Å². The summed E-state index contributed by atoms with van der Waals surface area (Å²) in [4.78, 5) is 30.4. The van der Waals surface area contributed by atoms with Gasteiger partial charge in [0.2, 0.25) is 5.91 Å². The smallest absolute Gasteiger partial charge is 0.263 e. The molecule has 8 heteroatoms. The number of benzene rings is 1. The van der Waals surface area contributed by atoms with Gasteiger partial charge in [0.1, 0.15) is 22.9 Å². The summed E-state index contributed by atoms with van der Waals surface area (Å²) in [7, 11) is 3.17. The van der Waals surface area contributed by atoms with Crippen LogP contribution < -0.4 is 15.6 Å². The molecular formula is C19H21N3O4S. The van der Waals surface area contributed by atoms with Gasteiger partial charge in [-0.25, -0.2) is 4.98 Å². The Kier molecular flexibility index (Phi) is 5.88. The van der Waals surface area contributed by atoms with Crippen LogP contribution in [0.5, 0.6) is 5.75 Å². The van der Waals surface area contributed by atoms with Crippen LogP contribution in [-0.2, 0) is 16.1 Å². The molecule has 27 heavy (non-hydrogen) atoms. The zero-order chi connectivity index (χ0) is 19.4. The van der Waals surface area contributed by atoms with Crippen LogP contribution in [0.25, 0.3) is 21.3 Å². The van der Waals surface area contributed by atoms with Gasteiger partial charge in [0.15, 0.2) is 0 Å². The lowest BCUT2D eigenvalue weighted by Gasteiger charge is -2.10. The first-order valence-corrected chi connectivity index (χ1v) is 9.31. The maximum absolute atomic E-state index is 13.1. The lowest BCUT2D eigenvalue weighted by Crippen LogP contribution is -2.35. The first-order valence-electron chi connectivity index (χ1n) is 8.44. The second-order valence-corrected chi connectivity index (χ2v) is 6.81. The number of nitrogens with one attached hydrogen (secondary N) is 1. The molecule has 0 saturated carbocycles. The predicted octanol–water partition coefficient (Wildman–Crippen LogP) is 2.20. The van der Waals surface area contributed by atoms with Crippen LogP contribution >= 0.6 is 11.3 Å². The van der Waals surface area contributed by atoms with Crippen molar-refractivity contribution in [2.75, 3.05) is 27.4 Å². The normalized spacial score (nSPS) is 10.9. The number of aromatic nitrogens is 2. The minimum Gasteiger partial charge on any atom is -0.497 e.